The van der Waals surface area contributed by atoms with Crippen molar-refractivity contribution in [2.45, 2.75) is 12.6 Å². The van der Waals surface area contributed by atoms with Gasteiger partial charge < -0.3 is 4.74 Å². The Hall–Kier alpha value is -2.10. The van der Waals surface area contributed by atoms with Crippen LogP contribution in [0.1, 0.15) is 17.0 Å². The van der Waals surface area contributed by atoms with Crippen LogP contribution in [0.4, 0.5) is 13.2 Å². The van der Waals surface area contributed by atoms with Crippen LogP contribution in [0.2, 0.25) is 0 Å². The van der Waals surface area contributed by atoms with Crippen molar-refractivity contribution in [3.8, 4) is 6.07 Å². The van der Waals surface area contributed by atoms with E-state index in [9.17, 15) is 18.0 Å². The number of carbonyl (C=O) groups is 1. The Morgan fingerprint density at radius 3 is 2.65 bits per heavy atom. The smallest absolute Gasteiger partial charge is 0.416 e. The van der Waals surface area contributed by atoms with Crippen LogP contribution in [0.25, 0.3) is 0 Å². The topological polar surface area (TPSA) is 63.0 Å². The number of hydrogen-bond donors (Lipinski definition) is 0. The van der Waals surface area contributed by atoms with E-state index in [4.69, 9.17) is 5.26 Å². The number of rotatable bonds is 2. The Kier molecular flexibility index (Phi) is 3.68. The predicted octanol–water partition coefficient (Wildman–Crippen LogP) is 1.69. The van der Waals surface area contributed by atoms with Gasteiger partial charge in [-0.05, 0) is 12.1 Å². The van der Waals surface area contributed by atoms with Gasteiger partial charge in [0.1, 0.15) is 11.8 Å². The van der Waals surface area contributed by atoms with Crippen molar-refractivity contribution in [3.63, 3.8) is 0 Å². The summed E-state index contributed by atoms with van der Waals surface area (Å²) in [6.07, 6.45) is -4.99. The fourth-order valence-electron chi connectivity index (χ4n) is 1.12. The normalized spacial score (nSPS) is 10.8. The van der Waals surface area contributed by atoms with Crippen molar-refractivity contribution in [3.05, 3.63) is 29.1 Å². The van der Waals surface area contributed by atoms with Gasteiger partial charge in [0, 0.05) is 0 Å². The van der Waals surface area contributed by atoms with E-state index in [1.54, 1.807) is 0 Å². The zero-order valence-electron chi connectivity index (χ0n) is 8.71. The van der Waals surface area contributed by atoms with Crippen molar-refractivity contribution in [2.24, 2.45) is 0 Å². The van der Waals surface area contributed by atoms with Crippen molar-refractivity contribution >= 4 is 5.97 Å². The predicted molar refractivity (Wildman–Crippen MR) is 49.7 cm³/mol. The molecule has 7 heteroatoms. The number of carbonyl (C=O) groups excluding carboxylic acids is 1. The lowest BCUT2D eigenvalue weighted by atomic mass is 10.1. The second-order valence-corrected chi connectivity index (χ2v) is 3.09. The number of nitriles is 1. The molecule has 4 nitrogen and oxygen atoms in total. The fraction of sp³-hybridized carbons (Fsp3) is 0.300. The van der Waals surface area contributed by atoms with Gasteiger partial charge >= 0.3 is 12.1 Å². The van der Waals surface area contributed by atoms with Crippen molar-refractivity contribution in [1.82, 2.24) is 4.98 Å². The van der Waals surface area contributed by atoms with E-state index in [2.05, 4.69) is 9.72 Å². The number of aromatic nitrogens is 1. The lowest BCUT2D eigenvalue weighted by molar-refractivity contribution is -0.140. The minimum Gasteiger partial charge on any atom is -0.469 e. The molecule has 0 aliphatic heterocycles. The van der Waals surface area contributed by atoms with Gasteiger partial charge in [0.2, 0.25) is 0 Å². The minimum absolute atomic E-state index is 0.150. The van der Waals surface area contributed by atoms with Gasteiger partial charge in [0.15, 0.2) is 0 Å². The standard InChI is InChI=1S/C10H7F3N2O2/c1-17-9(16)4-7-2-6(10(11,12)13)3-8(5-14)15-7/h2-3H,4H2,1H3. The number of hydrogen-bond acceptors (Lipinski definition) is 4. The van der Waals surface area contributed by atoms with Crippen molar-refractivity contribution in [1.29, 1.82) is 5.26 Å². The maximum absolute atomic E-state index is 12.5. The number of esters is 1. The third-order valence-corrected chi connectivity index (χ3v) is 1.87. The van der Waals surface area contributed by atoms with Crippen LogP contribution in [0.15, 0.2) is 12.1 Å². The van der Waals surface area contributed by atoms with Crippen LogP contribution in [0.3, 0.4) is 0 Å². The zero-order valence-corrected chi connectivity index (χ0v) is 8.71. The van der Waals surface area contributed by atoms with E-state index in [0.29, 0.717) is 6.07 Å². The molecular weight excluding hydrogens is 237 g/mol. The highest BCUT2D eigenvalue weighted by Crippen LogP contribution is 2.29. The highest BCUT2D eigenvalue weighted by atomic mass is 19.4. The summed E-state index contributed by atoms with van der Waals surface area (Å²) in [5, 5.41) is 8.55. The summed E-state index contributed by atoms with van der Waals surface area (Å²) in [5.74, 6) is -0.722. The van der Waals surface area contributed by atoms with Gasteiger partial charge in [-0.1, -0.05) is 0 Å². The average molecular weight is 244 g/mol. The molecule has 0 radical (unpaired) electrons. The maximum atomic E-state index is 12.5. The zero-order chi connectivity index (χ0) is 13.1. The van der Waals surface area contributed by atoms with Gasteiger partial charge in [-0.15, -0.1) is 0 Å². The third-order valence-electron chi connectivity index (χ3n) is 1.87. The number of methoxy groups -OCH3 is 1. The number of alkyl halides is 3. The maximum Gasteiger partial charge on any atom is 0.416 e. The van der Waals surface area contributed by atoms with E-state index in [-0.39, 0.29) is 5.69 Å². The molecule has 17 heavy (non-hydrogen) atoms. The van der Waals surface area contributed by atoms with E-state index >= 15 is 0 Å². The molecule has 0 saturated carbocycles. The quantitative estimate of drug-likeness (QED) is 0.742. The Labute approximate surface area is 94.6 Å². The fourth-order valence-corrected chi connectivity index (χ4v) is 1.12. The molecule has 0 unspecified atom stereocenters. The Bertz CT molecular complexity index is 477. The summed E-state index contributed by atoms with van der Waals surface area (Å²) >= 11 is 0. The van der Waals surface area contributed by atoms with Crippen LogP contribution in [0.5, 0.6) is 0 Å². The molecule has 0 aliphatic carbocycles. The van der Waals surface area contributed by atoms with Crippen LogP contribution in [-0.4, -0.2) is 18.1 Å². The third kappa shape index (κ3) is 3.45. The highest BCUT2D eigenvalue weighted by molar-refractivity contribution is 5.71. The second kappa shape index (κ2) is 4.82. The lowest BCUT2D eigenvalue weighted by Crippen LogP contribution is -2.11. The van der Waals surface area contributed by atoms with Crippen molar-refractivity contribution < 1.29 is 22.7 Å². The SMILES string of the molecule is COC(=O)Cc1cc(C(F)(F)F)cc(C#N)n1. The Morgan fingerprint density at radius 2 is 2.18 bits per heavy atom. The second-order valence-electron chi connectivity index (χ2n) is 3.09. The summed E-state index contributed by atoms with van der Waals surface area (Å²) in [4.78, 5) is 14.5. The van der Waals surface area contributed by atoms with Gasteiger partial charge in [0.05, 0.1) is 24.8 Å². The summed E-state index contributed by atoms with van der Waals surface area (Å²) in [7, 11) is 1.11. The molecular formula is C10H7F3N2O2. The monoisotopic (exact) mass is 244 g/mol. The molecule has 0 amide bonds. The molecule has 1 aromatic rings. The van der Waals surface area contributed by atoms with E-state index in [1.165, 1.54) is 6.07 Å². The first-order valence-corrected chi connectivity index (χ1v) is 4.42. The minimum atomic E-state index is -4.58. The summed E-state index contributed by atoms with van der Waals surface area (Å²) in [5.41, 5.74) is -1.55. The molecule has 1 heterocycles. The van der Waals surface area contributed by atoms with E-state index in [1.807, 2.05) is 0 Å². The van der Waals surface area contributed by atoms with Crippen LogP contribution in [0, 0.1) is 11.3 Å². The molecule has 0 atom stereocenters. The lowest BCUT2D eigenvalue weighted by Gasteiger charge is -2.08. The van der Waals surface area contributed by atoms with Crippen LogP contribution >= 0.6 is 0 Å². The van der Waals surface area contributed by atoms with Gasteiger partial charge in [-0.2, -0.15) is 18.4 Å². The molecule has 0 saturated heterocycles. The van der Waals surface area contributed by atoms with Gasteiger partial charge in [-0.3, -0.25) is 4.79 Å². The summed E-state index contributed by atoms with van der Waals surface area (Å²) in [6, 6.07) is 2.85. The molecule has 1 rings (SSSR count). The summed E-state index contributed by atoms with van der Waals surface area (Å²) in [6.45, 7) is 0. The number of halogens is 3. The summed E-state index contributed by atoms with van der Waals surface area (Å²) < 4.78 is 41.7. The van der Waals surface area contributed by atoms with E-state index in [0.717, 1.165) is 13.2 Å². The Balaban J connectivity index is 3.16. The van der Waals surface area contributed by atoms with E-state index < -0.39 is 29.8 Å². The first-order valence-electron chi connectivity index (χ1n) is 4.42. The highest BCUT2D eigenvalue weighted by Gasteiger charge is 2.31. The average Bonchev–Trinajstić information content (AvgIpc) is 2.27. The largest absolute Gasteiger partial charge is 0.469 e. The first kappa shape index (κ1) is 13.0. The van der Waals surface area contributed by atoms with Gasteiger partial charge in [-0.25, -0.2) is 4.98 Å². The molecule has 90 valence electrons. The number of ether oxygens (including phenoxy) is 1. The van der Waals surface area contributed by atoms with Crippen LogP contribution < -0.4 is 0 Å². The first-order chi connectivity index (χ1) is 7.86. The molecule has 0 bridgehead atoms. The molecule has 0 N–H and O–H groups in total. The number of nitrogens with zero attached hydrogens (tertiary/aromatic N) is 2. The number of pyridine rings is 1. The molecule has 0 aromatic carbocycles. The molecule has 1 aromatic heterocycles. The molecule has 0 fully saturated rings. The van der Waals surface area contributed by atoms with Crippen molar-refractivity contribution in [2.75, 3.05) is 7.11 Å². The molecule has 0 spiro atoms. The molecule has 0 aliphatic rings. The Morgan fingerprint density at radius 1 is 1.53 bits per heavy atom. The van der Waals surface area contributed by atoms with Crippen LogP contribution in [-0.2, 0) is 22.1 Å². The van der Waals surface area contributed by atoms with Gasteiger partial charge in [0.25, 0.3) is 0 Å².